The largest absolute Gasteiger partial charge is 0.302 e. The molecule has 2 saturated carbocycles. The second-order valence-electron chi connectivity index (χ2n) is 7.92. The molecule has 0 amide bonds. The minimum Gasteiger partial charge on any atom is -0.302 e. The lowest BCUT2D eigenvalue weighted by Crippen LogP contribution is -2.46. The predicted octanol–water partition coefficient (Wildman–Crippen LogP) is 4.07. The van der Waals surface area contributed by atoms with E-state index in [2.05, 4.69) is 38.8 Å². The van der Waals surface area contributed by atoms with E-state index in [1.54, 1.807) is 0 Å². The highest BCUT2D eigenvalue weighted by Crippen LogP contribution is 2.41. The van der Waals surface area contributed by atoms with Crippen LogP contribution < -0.4 is 0 Å². The third kappa shape index (κ3) is 3.51. The van der Waals surface area contributed by atoms with Crippen molar-refractivity contribution in [2.45, 2.75) is 65.3 Å². The fourth-order valence-electron chi connectivity index (χ4n) is 3.79. The van der Waals surface area contributed by atoms with Crippen molar-refractivity contribution in [2.24, 2.45) is 23.2 Å². The lowest BCUT2D eigenvalue weighted by molar-refractivity contribution is 0.0578. The molecule has 2 heteroatoms. The molecule has 3 unspecified atom stereocenters. The van der Waals surface area contributed by atoms with Crippen LogP contribution in [0.1, 0.15) is 59.3 Å². The molecule has 0 aromatic rings. The van der Waals surface area contributed by atoms with E-state index in [-0.39, 0.29) is 5.92 Å². The molecule has 108 valence electrons. The van der Waals surface area contributed by atoms with Gasteiger partial charge in [0.1, 0.15) is 0 Å². The van der Waals surface area contributed by atoms with Gasteiger partial charge in [-0.1, -0.05) is 27.2 Å². The second kappa shape index (κ2) is 5.83. The summed E-state index contributed by atoms with van der Waals surface area (Å²) in [6, 6.07) is 3.06. The monoisotopic (exact) mass is 262 g/mol. The molecule has 0 heterocycles. The van der Waals surface area contributed by atoms with Gasteiger partial charge < -0.3 is 4.90 Å². The molecule has 19 heavy (non-hydrogen) atoms. The van der Waals surface area contributed by atoms with Crippen molar-refractivity contribution in [3.8, 4) is 6.07 Å². The molecular formula is C17H30N2. The summed E-state index contributed by atoms with van der Waals surface area (Å²) in [5, 5.41) is 9.43. The Hall–Kier alpha value is -0.550. The summed E-state index contributed by atoms with van der Waals surface area (Å²) in [7, 11) is 2.25. The van der Waals surface area contributed by atoms with Crippen LogP contribution in [0.5, 0.6) is 0 Å². The van der Waals surface area contributed by atoms with Crippen molar-refractivity contribution in [2.75, 3.05) is 13.6 Å². The molecular weight excluding hydrogens is 232 g/mol. The predicted molar refractivity (Wildman–Crippen MR) is 79.7 cm³/mol. The van der Waals surface area contributed by atoms with Crippen LogP contribution in [0.2, 0.25) is 0 Å². The summed E-state index contributed by atoms with van der Waals surface area (Å²) < 4.78 is 0. The molecule has 0 aliphatic heterocycles. The molecule has 2 rings (SSSR count). The molecule has 0 aromatic heterocycles. The number of nitriles is 1. The maximum absolute atomic E-state index is 9.43. The first-order valence-electron chi connectivity index (χ1n) is 8.01. The fraction of sp³-hybridized carbons (Fsp3) is 0.941. The highest BCUT2D eigenvalue weighted by atomic mass is 15.1. The Balaban J connectivity index is 1.98. The van der Waals surface area contributed by atoms with Gasteiger partial charge in [-0.05, 0) is 56.4 Å². The van der Waals surface area contributed by atoms with E-state index < -0.39 is 0 Å². The van der Waals surface area contributed by atoms with Crippen molar-refractivity contribution in [3.05, 3.63) is 0 Å². The maximum atomic E-state index is 9.43. The second-order valence-corrected chi connectivity index (χ2v) is 7.92. The van der Waals surface area contributed by atoms with Crippen LogP contribution in [0.3, 0.4) is 0 Å². The molecule has 2 fully saturated rings. The molecule has 0 saturated heterocycles. The van der Waals surface area contributed by atoms with Crippen molar-refractivity contribution in [3.63, 3.8) is 0 Å². The van der Waals surface area contributed by atoms with Crippen molar-refractivity contribution < 1.29 is 0 Å². The summed E-state index contributed by atoms with van der Waals surface area (Å²) in [5.41, 5.74) is 0.385. The molecule has 0 N–H and O–H groups in total. The normalized spacial score (nSPS) is 32.9. The third-order valence-electron chi connectivity index (χ3n) is 5.54. The minimum absolute atomic E-state index is 0.253. The smallest absolute Gasteiger partial charge is 0.0672 e. The number of hydrogen-bond donors (Lipinski definition) is 0. The minimum atomic E-state index is 0.253. The van der Waals surface area contributed by atoms with E-state index >= 15 is 0 Å². The lowest BCUT2D eigenvalue weighted by Gasteiger charge is -2.44. The van der Waals surface area contributed by atoms with Crippen molar-refractivity contribution >= 4 is 0 Å². The van der Waals surface area contributed by atoms with Gasteiger partial charge in [-0.25, -0.2) is 0 Å². The standard InChI is InChI=1S/C17H30N2/c1-17(2,3)15-9-8-14(11-18)16(10-15)19(4)12-13-6-5-7-13/h13-16H,5-10,12H2,1-4H3. The summed E-state index contributed by atoms with van der Waals surface area (Å²) in [6.07, 6.45) is 7.75. The molecule has 3 atom stereocenters. The highest BCUT2D eigenvalue weighted by Gasteiger charge is 2.38. The number of nitrogens with zero attached hydrogens (tertiary/aromatic N) is 2. The van der Waals surface area contributed by atoms with Crippen molar-refractivity contribution in [1.29, 1.82) is 5.26 Å². The van der Waals surface area contributed by atoms with E-state index in [1.165, 1.54) is 38.6 Å². The van der Waals surface area contributed by atoms with Crippen LogP contribution in [0, 0.1) is 34.5 Å². The highest BCUT2D eigenvalue weighted by molar-refractivity contribution is 4.99. The summed E-state index contributed by atoms with van der Waals surface area (Å²) >= 11 is 0. The van der Waals surface area contributed by atoms with E-state index in [9.17, 15) is 5.26 Å². The summed E-state index contributed by atoms with van der Waals surface area (Å²) in [4.78, 5) is 2.51. The van der Waals surface area contributed by atoms with E-state index in [0.29, 0.717) is 11.5 Å². The van der Waals surface area contributed by atoms with Crippen LogP contribution in [0.15, 0.2) is 0 Å². The Morgan fingerprint density at radius 2 is 1.84 bits per heavy atom. The average Bonchev–Trinajstić information content (AvgIpc) is 2.31. The summed E-state index contributed by atoms with van der Waals surface area (Å²) in [6.45, 7) is 8.27. The van der Waals surface area contributed by atoms with Crippen LogP contribution in [-0.4, -0.2) is 24.5 Å². The van der Waals surface area contributed by atoms with Gasteiger partial charge in [-0.2, -0.15) is 5.26 Å². The first kappa shape index (κ1) is 14.9. The molecule has 0 spiro atoms. The van der Waals surface area contributed by atoms with Gasteiger partial charge in [0, 0.05) is 12.6 Å². The number of hydrogen-bond acceptors (Lipinski definition) is 2. The van der Waals surface area contributed by atoms with Crippen LogP contribution in [0.25, 0.3) is 0 Å². The number of rotatable bonds is 3. The zero-order chi connectivity index (χ0) is 14.0. The topological polar surface area (TPSA) is 27.0 Å². The average molecular weight is 262 g/mol. The quantitative estimate of drug-likeness (QED) is 0.766. The van der Waals surface area contributed by atoms with Crippen LogP contribution >= 0.6 is 0 Å². The van der Waals surface area contributed by atoms with Crippen LogP contribution in [0.4, 0.5) is 0 Å². The van der Waals surface area contributed by atoms with Gasteiger partial charge in [0.05, 0.1) is 12.0 Å². The van der Waals surface area contributed by atoms with E-state index in [1.807, 2.05) is 0 Å². The lowest BCUT2D eigenvalue weighted by atomic mass is 9.67. The zero-order valence-corrected chi connectivity index (χ0v) is 13.2. The van der Waals surface area contributed by atoms with Crippen molar-refractivity contribution in [1.82, 2.24) is 4.90 Å². The Kier molecular flexibility index (Phi) is 4.56. The van der Waals surface area contributed by atoms with Gasteiger partial charge in [-0.3, -0.25) is 0 Å². The van der Waals surface area contributed by atoms with Gasteiger partial charge in [-0.15, -0.1) is 0 Å². The van der Waals surface area contributed by atoms with Gasteiger partial charge in [0.25, 0.3) is 0 Å². The van der Waals surface area contributed by atoms with E-state index in [4.69, 9.17) is 0 Å². The third-order valence-corrected chi connectivity index (χ3v) is 5.54. The molecule has 0 radical (unpaired) electrons. The molecule has 0 bridgehead atoms. The molecule has 2 aliphatic rings. The Morgan fingerprint density at radius 1 is 1.16 bits per heavy atom. The fourth-order valence-corrected chi connectivity index (χ4v) is 3.79. The van der Waals surface area contributed by atoms with Gasteiger partial charge in [0.2, 0.25) is 0 Å². The van der Waals surface area contributed by atoms with E-state index in [0.717, 1.165) is 18.3 Å². The SMILES string of the molecule is CN(CC1CCC1)C1CC(C(C)(C)C)CCC1C#N. The molecule has 2 nitrogen and oxygen atoms in total. The first-order valence-corrected chi connectivity index (χ1v) is 8.01. The van der Waals surface area contributed by atoms with Gasteiger partial charge in [0.15, 0.2) is 0 Å². The Morgan fingerprint density at radius 3 is 2.32 bits per heavy atom. The summed E-state index contributed by atoms with van der Waals surface area (Å²) in [5.74, 6) is 1.92. The molecule has 2 aliphatic carbocycles. The Labute approximate surface area is 119 Å². The Bertz CT molecular complexity index is 332. The molecule has 0 aromatic carbocycles. The van der Waals surface area contributed by atoms with Gasteiger partial charge >= 0.3 is 0 Å². The maximum Gasteiger partial charge on any atom is 0.0672 e. The van der Waals surface area contributed by atoms with Crippen LogP contribution in [-0.2, 0) is 0 Å². The zero-order valence-electron chi connectivity index (χ0n) is 13.2. The first-order chi connectivity index (χ1) is 8.91.